The molecule has 0 radical (unpaired) electrons. The molecule has 0 fully saturated rings. The predicted octanol–water partition coefficient (Wildman–Crippen LogP) is 2.18. The Morgan fingerprint density at radius 2 is 2.13 bits per heavy atom. The predicted molar refractivity (Wildman–Crippen MR) is 64.3 cm³/mol. The number of aromatic nitrogens is 1. The highest BCUT2D eigenvalue weighted by molar-refractivity contribution is 6.29. The van der Waals surface area contributed by atoms with Gasteiger partial charge in [-0.1, -0.05) is 31.5 Å². The van der Waals surface area contributed by atoms with E-state index in [-0.39, 0.29) is 30.5 Å². The van der Waals surface area contributed by atoms with Crippen molar-refractivity contribution >= 4 is 24.0 Å². The van der Waals surface area contributed by atoms with E-state index in [0.29, 0.717) is 5.15 Å². The molecule has 0 saturated carbocycles. The van der Waals surface area contributed by atoms with E-state index in [1.807, 2.05) is 19.9 Å². The van der Waals surface area contributed by atoms with Gasteiger partial charge in [-0.3, -0.25) is 0 Å². The van der Waals surface area contributed by atoms with Crippen LogP contribution in [0.2, 0.25) is 5.15 Å². The van der Waals surface area contributed by atoms with Gasteiger partial charge >= 0.3 is 0 Å². The molecule has 0 spiro atoms. The molecular weight excluding hydrogens is 235 g/mol. The zero-order valence-corrected chi connectivity index (χ0v) is 10.3. The number of hydrogen-bond acceptors (Lipinski definition) is 3. The summed E-state index contributed by atoms with van der Waals surface area (Å²) in [6.45, 7) is 3.86. The first-order chi connectivity index (χ1) is 6.47. The van der Waals surface area contributed by atoms with Crippen molar-refractivity contribution in [2.24, 2.45) is 11.1 Å². The number of halogens is 2. The molecule has 0 unspecified atom stereocenters. The Hall–Kier alpha value is -0.350. The molecule has 5 heteroatoms. The van der Waals surface area contributed by atoms with Gasteiger partial charge in [-0.2, -0.15) is 0 Å². The monoisotopic (exact) mass is 250 g/mol. The second kappa shape index (κ2) is 5.66. The zero-order valence-electron chi connectivity index (χ0n) is 8.77. The summed E-state index contributed by atoms with van der Waals surface area (Å²) in [6, 6.07) is 3.29. The number of nitrogens with two attached hydrogens (primary N) is 1. The van der Waals surface area contributed by atoms with Gasteiger partial charge in [0.2, 0.25) is 0 Å². The molecule has 1 aromatic rings. The second-order valence-electron chi connectivity index (χ2n) is 4.04. The zero-order chi connectivity index (χ0) is 10.8. The van der Waals surface area contributed by atoms with E-state index in [1.165, 1.54) is 0 Å². The minimum absolute atomic E-state index is 0. The van der Waals surface area contributed by atoms with E-state index >= 15 is 0 Å². The first kappa shape index (κ1) is 14.6. The lowest BCUT2D eigenvalue weighted by atomic mass is 9.82. The number of hydrogen-bond donors (Lipinski definition) is 2. The number of rotatable bonds is 3. The Bertz CT molecular complexity index is 301. The van der Waals surface area contributed by atoms with Crippen LogP contribution in [0, 0.1) is 5.41 Å². The van der Waals surface area contributed by atoms with Gasteiger partial charge in [-0.15, -0.1) is 12.4 Å². The molecule has 0 aliphatic heterocycles. The third-order valence-electron chi connectivity index (χ3n) is 2.36. The molecule has 0 saturated heterocycles. The Labute approximate surface area is 101 Å². The van der Waals surface area contributed by atoms with Gasteiger partial charge in [-0.25, -0.2) is 4.98 Å². The summed E-state index contributed by atoms with van der Waals surface area (Å²) in [5.41, 5.74) is 6.52. The van der Waals surface area contributed by atoms with Crippen LogP contribution in [0.15, 0.2) is 18.3 Å². The summed E-state index contributed by atoms with van der Waals surface area (Å²) in [6.07, 6.45) is 1.64. The van der Waals surface area contributed by atoms with E-state index < -0.39 is 0 Å². The van der Waals surface area contributed by atoms with Crippen molar-refractivity contribution in [1.82, 2.24) is 4.98 Å². The molecule has 0 aliphatic rings. The first-order valence-electron chi connectivity index (χ1n) is 4.45. The molecule has 3 nitrogen and oxygen atoms in total. The van der Waals surface area contributed by atoms with Crippen molar-refractivity contribution in [3.8, 4) is 0 Å². The average molecular weight is 251 g/mol. The number of nitrogens with zero attached hydrogens (tertiary/aromatic N) is 1. The van der Waals surface area contributed by atoms with Crippen molar-refractivity contribution < 1.29 is 5.11 Å². The van der Waals surface area contributed by atoms with E-state index in [2.05, 4.69) is 4.98 Å². The third kappa shape index (κ3) is 3.61. The standard InChI is InChI=1S/C10H15ClN2O.ClH/c1-10(2,6-14)9(12)7-3-4-8(11)13-5-7;/h3-5,9,14H,6,12H2,1-2H3;1H/t9-;/m0./s1. The van der Waals surface area contributed by atoms with Crippen LogP contribution >= 0.6 is 24.0 Å². The van der Waals surface area contributed by atoms with Gasteiger partial charge in [0.1, 0.15) is 5.15 Å². The van der Waals surface area contributed by atoms with Crippen LogP contribution < -0.4 is 5.73 Å². The van der Waals surface area contributed by atoms with Crippen LogP contribution in [0.3, 0.4) is 0 Å². The Morgan fingerprint density at radius 3 is 2.53 bits per heavy atom. The summed E-state index contributed by atoms with van der Waals surface area (Å²) < 4.78 is 0. The van der Waals surface area contributed by atoms with E-state index in [0.717, 1.165) is 5.56 Å². The SMILES string of the molecule is CC(C)(CO)[C@@H](N)c1ccc(Cl)nc1.Cl. The molecule has 1 atom stereocenters. The van der Waals surface area contributed by atoms with Crippen molar-refractivity contribution in [2.45, 2.75) is 19.9 Å². The Morgan fingerprint density at radius 1 is 1.53 bits per heavy atom. The van der Waals surface area contributed by atoms with Crippen molar-refractivity contribution in [2.75, 3.05) is 6.61 Å². The smallest absolute Gasteiger partial charge is 0.129 e. The molecule has 86 valence electrons. The van der Waals surface area contributed by atoms with Crippen LogP contribution in [0.25, 0.3) is 0 Å². The second-order valence-corrected chi connectivity index (χ2v) is 4.43. The van der Waals surface area contributed by atoms with Crippen LogP contribution in [0.5, 0.6) is 0 Å². The average Bonchev–Trinajstić information content (AvgIpc) is 2.18. The summed E-state index contributed by atoms with van der Waals surface area (Å²) in [5.74, 6) is 0. The molecule has 0 amide bonds. The summed E-state index contributed by atoms with van der Waals surface area (Å²) in [5, 5.41) is 9.60. The molecule has 0 aromatic carbocycles. The minimum atomic E-state index is -0.352. The molecule has 1 aromatic heterocycles. The summed E-state index contributed by atoms with van der Waals surface area (Å²) in [4.78, 5) is 3.95. The lowest BCUT2D eigenvalue weighted by Crippen LogP contribution is -2.32. The van der Waals surface area contributed by atoms with E-state index in [1.54, 1.807) is 12.3 Å². The highest BCUT2D eigenvalue weighted by atomic mass is 35.5. The molecule has 1 heterocycles. The quantitative estimate of drug-likeness (QED) is 0.809. The fourth-order valence-corrected chi connectivity index (χ4v) is 1.23. The number of aliphatic hydroxyl groups excluding tert-OH is 1. The lowest BCUT2D eigenvalue weighted by molar-refractivity contribution is 0.132. The molecule has 0 bridgehead atoms. The largest absolute Gasteiger partial charge is 0.396 e. The number of pyridine rings is 1. The topological polar surface area (TPSA) is 59.1 Å². The van der Waals surface area contributed by atoms with Gasteiger partial charge in [0.05, 0.1) is 0 Å². The maximum Gasteiger partial charge on any atom is 0.129 e. The third-order valence-corrected chi connectivity index (χ3v) is 2.58. The first-order valence-corrected chi connectivity index (χ1v) is 4.83. The fourth-order valence-electron chi connectivity index (χ4n) is 1.12. The Balaban J connectivity index is 0.00000196. The minimum Gasteiger partial charge on any atom is -0.396 e. The molecular formula is C10H16Cl2N2O. The van der Waals surface area contributed by atoms with E-state index in [9.17, 15) is 0 Å². The van der Waals surface area contributed by atoms with Gasteiger partial charge in [0, 0.05) is 24.3 Å². The van der Waals surface area contributed by atoms with Crippen LogP contribution in [0.1, 0.15) is 25.5 Å². The van der Waals surface area contributed by atoms with Gasteiger partial charge in [0.25, 0.3) is 0 Å². The van der Waals surface area contributed by atoms with Gasteiger partial charge < -0.3 is 10.8 Å². The fraction of sp³-hybridized carbons (Fsp3) is 0.500. The maximum atomic E-state index is 9.15. The maximum absolute atomic E-state index is 9.15. The highest BCUT2D eigenvalue weighted by Crippen LogP contribution is 2.30. The van der Waals surface area contributed by atoms with Crippen molar-refractivity contribution in [3.63, 3.8) is 0 Å². The Kier molecular flexibility index (Phi) is 5.53. The normalized spacial score (nSPS) is 13.1. The summed E-state index contributed by atoms with van der Waals surface area (Å²) in [7, 11) is 0. The molecule has 15 heavy (non-hydrogen) atoms. The lowest BCUT2D eigenvalue weighted by Gasteiger charge is -2.29. The van der Waals surface area contributed by atoms with Crippen LogP contribution in [-0.2, 0) is 0 Å². The van der Waals surface area contributed by atoms with E-state index in [4.69, 9.17) is 22.4 Å². The van der Waals surface area contributed by atoms with Crippen molar-refractivity contribution in [1.29, 1.82) is 0 Å². The highest BCUT2D eigenvalue weighted by Gasteiger charge is 2.26. The number of aliphatic hydroxyl groups is 1. The molecule has 3 N–H and O–H groups in total. The molecule has 0 aliphatic carbocycles. The van der Waals surface area contributed by atoms with Crippen molar-refractivity contribution in [3.05, 3.63) is 29.0 Å². The van der Waals surface area contributed by atoms with Crippen LogP contribution in [-0.4, -0.2) is 16.7 Å². The van der Waals surface area contributed by atoms with Gasteiger partial charge in [-0.05, 0) is 11.6 Å². The summed E-state index contributed by atoms with van der Waals surface area (Å²) >= 11 is 5.66. The van der Waals surface area contributed by atoms with Gasteiger partial charge in [0.15, 0.2) is 0 Å². The van der Waals surface area contributed by atoms with Crippen LogP contribution in [0.4, 0.5) is 0 Å². The molecule has 1 rings (SSSR count).